The molecule has 2 aromatic rings. The third kappa shape index (κ3) is 6.37. The van der Waals surface area contributed by atoms with Gasteiger partial charge in [0, 0.05) is 19.6 Å². The van der Waals surface area contributed by atoms with Gasteiger partial charge in [0.2, 0.25) is 10.0 Å². The zero-order valence-electron chi connectivity index (χ0n) is 19.0. The van der Waals surface area contributed by atoms with Crippen LogP contribution in [0.2, 0.25) is 5.02 Å². The number of methoxy groups -OCH3 is 1. The molecule has 0 aromatic heterocycles. The van der Waals surface area contributed by atoms with E-state index in [1.165, 1.54) is 22.5 Å². The lowest BCUT2D eigenvalue weighted by Crippen LogP contribution is -2.31. The quantitative estimate of drug-likeness (QED) is 0.450. The van der Waals surface area contributed by atoms with Gasteiger partial charge in [-0.1, -0.05) is 44.9 Å². The number of halogens is 1. The molecule has 0 saturated heterocycles. The second-order valence-electron chi connectivity index (χ2n) is 7.10. The topological polar surface area (TPSA) is 84.9 Å². The Morgan fingerprint density at radius 2 is 1.78 bits per heavy atom. The van der Waals surface area contributed by atoms with E-state index in [-0.39, 0.29) is 22.0 Å². The van der Waals surface area contributed by atoms with Crippen LogP contribution < -0.4 is 14.8 Å². The summed E-state index contributed by atoms with van der Waals surface area (Å²) in [7, 11) is -2.14. The average molecular weight is 483 g/mol. The fourth-order valence-electron chi connectivity index (χ4n) is 3.10. The number of hydrogen-bond acceptors (Lipinski definition) is 5. The van der Waals surface area contributed by atoms with Crippen molar-refractivity contribution in [2.24, 2.45) is 0 Å². The molecule has 32 heavy (non-hydrogen) atoms. The number of ether oxygens (including phenoxy) is 2. The highest BCUT2D eigenvalue weighted by Gasteiger charge is 2.24. The molecule has 0 heterocycles. The predicted octanol–water partition coefficient (Wildman–Crippen LogP) is 4.49. The zero-order chi connectivity index (χ0) is 23.7. The number of nitrogens with one attached hydrogen (secondary N) is 1. The summed E-state index contributed by atoms with van der Waals surface area (Å²) in [6.07, 6.45) is 1.98. The summed E-state index contributed by atoms with van der Waals surface area (Å²) in [5.41, 5.74) is 0.910. The molecule has 0 atom stereocenters. The monoisotopic (exact) mass is 482 g/mol. The fraction of sp³-hybridized carbons (Fsp3) is 0.435. The van der Waals surface area contributed by atoms with Crippen LogP contribution >= 0.6 is 11.6 Å². The third-order valence-corrected chi connectivity index (χ3v) is 7.34. The second kappa shape index (κ2) is 12.1. The number of carbonyl (C=O) groups excluding carboxylic acids is 1. The molecule has 176 valence electrons. The van der Waals surface area contributed by atoms with Gasteiger partial charge in [0.25, 0.3) is 5.91 Å². The van der Waals surface area contributed by atoms with Gasteiger partial charge in [0.15, 0.2) is 11.5 Å². The average Bonchev–Trinajstić information content (AvgIpc) is 2.78. The molecule has 0 aliphatic carbocycles. The molecule has 0 radical (unpaired) electrons. The van der Waals surface area contributed by atoms with Crippen LogP contribution in [-0.4, -0.2) is 45.4 Å². The van der Waals surface area contributed by atoms with Crippen LogP contribution in [0.15, 0.2) is 41.3 Å². The fourth-order valence-corrected chi connectivity index (χ4v) is 4.78. The van der Waals surface area contributed by atoms with E-state index in [1.54, 1.807) is 33.1 Å². The van der Waals surface area contributed by atoms with Crippen molar-refractivity contribution in [2.75, 3.05) is 26.8 Å². The van der Waals surface area contributed by atoms with Crippen LogP contribution in [0.3, 0.4) is 0 Å². The molecule has 9 heteroatoms. The molecule has 1 amide bonds. The minimum atomic E-state index is -3.70. The van der Waals surface area contributed by atoms with Gasteiger partial charge in [-0.15, -0.1) is 0 Å². The Bertz CT molecular complexity index is 1020. The molecule has 0 spiro atoms. The van der Waals surface area contributed by atoms with E-state index in [2.05, 4.69) is 12.2 Å². The smallest absolute Gasteiger partial charge is 0.253 e. The molecule has 1 N–H and O–H groups in total. The third-order valence-electron chi connectivity index (χ3n) is 4.96. The Morgan fingerprint density at radius 3 is 2.41 bits per heavy atom. The molecule has 0 fully saturated rings. The normalized spacial score (nSPS) is 11.4. The minimum absolute atomic E-state index is 0.0333. The highest BCUT2D eigenvalue weighted by molar-refractivity contribution is 7.89. The molecule has 0 saturated carbocycles. The molecule has 7 nitrogen and oxygen atoms in total. The summed E-state index contributed by atoms with van der Waals surface area (Å²) in [6, 6.07) is 9.60. The van der Waals surface area contributed by atoms with Gasteiger partial charge in [-0.3, -0.25) is 4.79 Å². The van der Waals surface area contributed by atoms with E-state index in [0.29, 0.717) is 31.2 Å². The number of sulfonamides is 1. The molecular formula is C23H31ClN2O5S. The summed E-state index contributed by atoms with van der Waals surface area (Å²) in [5.74, 6) is 0.764. The standard InChI is InChI=1S/C23H31ClN2O5S/c1-5-8-13-31-21-12-9-17(14-22(21)30-4)16-25-23(27)19-15-18(10-11-20(19)24)32(28,29)26(6-2)7-3/h9-12,14-15H,5-8,13,16H2,1-4H3,(H,25,27). The molecule has 0 unspecified atom stereocenters. The number of hydrogen-bond donors (Lipinski definition) is 1. The van der Waals surface area contributed by atoms with Crippen LogP contribution in [-0.2, 0) is 16.6 Å². The second-order valence-corrected chi connectivity index (χ2v) is 9.45. The lowest BCUT2D eigenvalue weighted by atomic mass is 10.1. The summed E-state index contributed by atoms with van der Waals surface area (Å²) in [5, 5.41) is 2.97. The van der Waals surface area contributed by atoms with Crippen LogP contribution in [0.4, 0.5) is 0 Å². The Kier molecular flexibility index (Phi) is 9.81. The summed E-state index contributed by atoms with van der Waals surface area (Å²) >= 11 is 6.19. The van der Waals surface area contributed by atoms with Crippen LogP contribution in [0.5, 0.6) is 11.5 Å². The van der Waals surface area contributed by atoms with Gasteiger partial charge in [-0.2, -0.15) is 4.31 Å². The molecular weight excluding hydrogens is 452 g/mol. The predicted molar refractivity (Wildman–Crippen MR) is 126 cm³/mol. The first-order chi connectivity index (χ1) is 15.3. The van der Waals surface area contributed by atoms with Crippen molar-refractivity contribution in [1.82, 2.24) is 9.62 Å². The summed E-state index contributed by atoms with van der Waals surface area (Å²) in [4.78, 5) is 12.8. The van der Waals surface area contributed by atoms with E-state index in [9.17, 15) is 13.2 Å². The number of unbranched alkanes of at least 4 members (excludes halogenated alkanes) is 1. The Labute approximate surface area is 195 Å². The van der Waals surface area contributed by atoms with Gasteiger partial charge in [-0.25, -0.2) is 8.42 Å². The Balaban J connectivity index is 2.16. The largest absolute Gasteiger partial charge is 0.493 e. The first-order valence-electron chi connectivity index (χ1n) is 10.7. The zero-order valence-corrected chi connectivity index (χ0v) is 20.6. The molecule has 2 aromatic carbocycles. The van der Waals surface area contributed by atoms with Gasteiger partial charge in [0.05, 0.1) is 29.2 Å². The molecule has 0 bridgehead atoms. The van der Waals surface area contributed by atoms with Crippen LogP contribution in [0.25, 0.3) is 0 Å². The first kappa shape index (κ1) is 26.0. The van der Waals surface area contributed by atoms with E-state index < -0.39 is 15.9 Å². The van der Waals surface area contributed by atoms with Crippen LogP contribution in [0, 0.1) is 0 Å². The summed E-state index contributed by atoms with van der Waals surface area (Å²) in [6.45, 7) is 7.11. The molecule has 0 aliphatic heterocycles. The maximum Gasteiger partial charge on any atom is 0.253 e. The van der Waals surface area contributed by atoms with Crippen molar-refractivity contribution in [3.05, 3.63) is 52.5 Å². The van der Waals surface area contributed by atoms with Crippen molar-refractivity contribution in [3.8, 4) is 11.5 Å². The lowest BCUT2D eigenvalue weighted by Gasteiger charge is -2.19. The van der Waals surface area contributed by atoms with Crippen molar-refractivity contribution in [2.45, 2.75) is 45.1 Å². The minimum Gasteiger partial charge on any atom is -0.493 e. The maximum atomic E-state index is 12.8. The number of benzene rings is 2. The Hall–Kier alpha value is -2.29. The Morgan fingerprint density at radius 1 is 1.06 bits per heavy atom. The number of amides is 1. The maximum absolute atomic E-state index is 12.8. The number of nitrogens with zero attached hydrogens (tertiary/aromatic N) is 1. The van der Waals surface area contributed by atoms with Crippen molar-refractivity contribution >= 4 is 27.5 Å². The highest BCUT2D eigenvalue weighted by Crippen LogP contribution is 2.28. The molecule has 2 rings (SSSR count). The SMILES string of the molecule is CCCCOc1ccc(CNC(=O)c2cc(S(=O)(=O)N(CC)CC)ccc2Cl)cc1OC. The van der Waals surface area contributed by atoms with E-state index in [1.807, 2.05) is 6.07 Å². The summed E-state index contributed by atoms with van der Waals surface area (Å²) < 4.78 is 38.0. The van der Waals surface area contributed by atoms with Gasteiger partial charge in [-0.05, 0) is 42.3 Å². The van der Waals surface area contributed by atoms with E-state index >= 15 is 0 Å². The molecule has 0 aliphatic rings. The van der Waals surface area contributed by atoms with Crippen molar-refractivity contribution < 1.29 is 22.7 Å². The van der Waals surface area contributed by atoms with Gasteiger partial charge < -0.3 is 14.8 Å². The van der Waals surface area contributed by atoms with Crippen molar-refractivity contribution in [3.63, 3.8) is 0 Å². The highest BCUT2D eigenvalue weighted by atomic mass is 35.5. The number of carbonyl (C=O) groups is 1. The van der Waals surface area contributed by atoms with Crippen LogP contribution in [0.1, 0.15) is 49.5 Å². The van der Waals surface area contributed by atoms with Gasteiger partial charge in [0.1, 0.15) is 0 Å². The van der Waals surface area contributed by atoms with E-state index in [0.717, 1.165) is 18.4 Å². The first-order valence-corrected chi connectivity index (χ1v) is 12.5. The lowest BCUT2D eigenvalue weighted by molar-refractivity contribution is 0.0951. The van der Waals surface area contributed by atoms with Crippen molar-refractivity contribution in [1.29, 1.82) is 0 Å². The van der Waals surface area contributed by atoms with Gasteiger partial charge >= 0.3 is 0 Å². The van der Waals surface area contributed by atoms with E-state index in [4.69, 9.17) is 21.1 Å². The number of rotatable bonds is 12.